The van der Waals surface area contributed by atoms with Crippen LogP contribution >= 0.6 is 0 Å². The number of aromatic nitrogens is 5. The maximum absolute atomic E-state index is 5.11. The number of terminal acetylenes is 1. The topological polar surface area (TPSA) is 59.4 Å². The Morgan fingerprint density at radius 2 is 2.00 bits per heavy atom. The van der Waals surface area contributed by atoms with Gasteiger partial charge < -0.3 is 0 Å². The molecule has 1 N–H and O–H groups in total. The first-order valence-corrected chi connectivity index (χ1v) is 8.66. The smallest absolute Gasteiger partial charge is 0.0862 e. The SMILES string of the molecule is C#CCc1ccccc1.c1cc2[nH]ncc2cc1-n1cc(C2CC2)nn1. The van der Waals surface area contributed by atoms with Gasteiger partial charge in [-0.1, -0.05) is 35.5 Å². The van der Waals surface area contributed by atoms with Crippen LogP contribution in [0.2, 0.25) is 0 Å². The van der Waals surface area contributed by atoms with E-state index in [2.05, 4.69) is 32.5 Å². The maximum Gasteiger partial charge on any atom is 0.0862 e. The van der Waals surface area contributed by atoms with E-state index in [0.29, 0.717) is 5.92 Å². The van der Waals surface area contributed by atoms with Crippen LogP contribution in [0.25, 0.3) is 16.6 Å². The van der Waals surface area contributed by atoms with Crippen LogP contribution in [-0.2, 0) is 6.42 Å². The first-order chi connectivity index (χ1) is 12.8. The van der Waals surface area contributed by atoms with Gasteiger partial charge in [-0.2, -0.15) is 5.10 Å². The third-order valence-corrected chi connectivity index (χ3v) is 4.34. The first kappa shape index (κ1) is 16.1. The van der Waals surface area contributed by atoms with Crippen molar-refractivity contribution in [2.45, 2.75) is 25.2 Å². The summed E-state index contributed by atoms with van der Waals surface area (Å²) >= 11 is 0. The van der Waals surface area contributed by atoms with E-state index >= 15 is 0 Å². The van der Waals surface area contributed by atoms with Crippen molar-refractivity contribution in [1.82, 2.24) is 25.2 Å². The molecule has 128 valence electrons. The zero-order valence-electron chi connectivity index (χ0n) is 14.3. The fourth-order valence-electron chi connectivity index (χ4n) is 2.76. The molecule has 0 aliphatic heterocycles. The number of hydrogen-bond acceptors (Lipinski definition) is 3. The van der Waals surface area contributed by atoms with E-state index in [9.17, 15) is 0 Å². The molecule has 4 aromatic rings. The lowest BCUT2D eigenvalue weighted by atomic mass is 10.2. The molecule has 0 spiro atoms. The van der Waals surface area contributed by atoms with E-state index in [1.807, 2.05) is 59.5 Å². The molecule has 5 rings (SSSR count). The Balaban J connectivity index is 0.000000160. The van der Waals surface area contributed by atoms with Gasteiger partial charge in [-0.3, -0.25) is 5.10 Å². The molecule has 0 saturated heterocycles. The van der Waals surface area contributed by atoms with Gasteiger partial charge in [0.05, 0.1) is 29.3 Å². The van der Waals surface area contributed by atoms with E-state index in [1.54, 1.807) is 0 Å². The quantitative estimate of drug-likeness (QED) is 0.575. The molecule has 1 fully saturated rings. The molecule has 0 radical (unpaired) electrons. The number of rotatable bonds is 3. The molecule has 1 saturated carbocycles. The van der Waals surface area contributed by atoms with Crippen molar-refractivity contribution in [1.29, 1.82) is 0 Å². The molecule has 1 aliphatic rings. The highest BCUT2D eigenvalue weighted by atomic mass is 15.4. The second-order valence-electron chi connectivity index (χ2n) is 6.37. The predicted octanol–water partition coefficient (Wildman–Crippen LogP) is 3.88. The van der Waals surface area contributed by atoms with Crippen LogP contribution < -0.4 is 0 Å². The number of benzene rings is 2. The van der Waals surface area contributed by atoms with Crippen LogP contribution in [0.1, 0.15) is 30.0 Å². The van der Waals surface area contributed by atoms with Crippen LogP contribution in [0, 0.1) is 12.3 Å². The third-order valence-electron chi connectivity index (χ3n) is 4.34. The summed E-state index contributed by atoms with van der Waals surface area (Å²) < 4.78 is 1.83. The highest BCUT2D eigenvalue weighted by Crippen LogP contribution is 2.38. The molecular weight excluding hydrogens is 322 g/mol. The van der Waals surface area contributed by atoms with Crippen molar-refractivity contribution in [3.63, 3.8) is 0 Å². The lowest BCUT2D eigenvalue weighted by molar-refractivity contribution is 0.798. The Hall–Kier alpha value is -3.39. The van der Waals surface area contributed by atoms with Gasteiger partial charge >= 0.3 is 0 Å². The number of H-pyrrole nitrogens is 1. The van der Waals surface area contributed by atoms with Gasteiger partial charge in [0.2, 0.25) is 0 Å². The second kappa shape index (κ2) is 7.24. The highest BCUT2D eigenvalue weighted by Gasteiger charge is 2.26. The zero-order chi connectivity index (χ0) is 17.8. The van der Waals surface area contributed by atoms with E-state index < -0.39 is 0 Å². The highest BCUT2D eigenvalue weighted by molar-refractivity contribution is 5.80. The van der Waals surface area contributed by atoms with E-state index in [4.69, 9.17) is 6.42 Å². The minimum Gasteiger partial charge on any atom is -0.278 e. The number of fused-ring (bicyclic) bond motifs is 1. The van der Waals surface area contributed by atoms with Crippen molar-refractivity contribution >= 4 is 10.9 Å². The average Bonchev–Trinajstić information content (AvgIpc) is 3.22. The van der Waals surface area contributed by atoms with E-state index in [1.165, 1.54) is 18.4 Å². The van der Waals surface area contributed by atoms with Crippen molar-refractivity contribution < 1.29 is 0 Å². The summed E-state index contributed by atoms with van der Waals surface area (Å²) in [7, 11) is 0. The maximum atomic E-state index is 5.11. The largest absolute Gasteiger partial charge is 0.278 e. The molecule has 26 heavy (non-hydrogen) atoms. The molecule has 2 aromatic carbocycles. The fraction of sp³-hybridized carbons (Fsp3) is 0.190. The molecule has 0 bridgehead atoms. The molecular formula is C21H19N5. The average molecular weight is 341 g/mol. The summed E-state index contributed by atoms with van der Waals surface area (Å²) in [5.74, 6) is 3.22. The Morgan fingerprint density at radius 1 is 1.15 bits per heavy atom. The summed E-state index contributed by atoms with van der Waals surface area (Å²) in [4.78, 5) is 0. The summed E-state index contributed by atoms with van der Waals surface area (Å²) in [5, 5.41) is 16.4. The Labute approximate surface area is 152 Å². The normalized spacial score (nSPS) is 13.0. The van der Waals surface area contributed by atoms with Crippen LogP contribution in [0.3, 0.4) is 0 Å². The van der Waals surface area contributed by atoms with Gasteiger partial charge in [0.15, 0.2) is 0 Å². The fourth-order valence-corrected chi connectivity index (χ4v) is 2.76. The van der Waals surface area contributed by atoms with Gasteiger partial charge in [0.1, 0.15) is 0 Å². The van der Waals surface area contributed by atoms with Gasteiger partial charge in [0.25, 0.3) is 0 Å². The summed E-state index contributed by atoms with van der Waals surface area (Å²) in [6, 6.07) is 16.1. The second-order valence-corrected chi connectivity index (χ2v) is 6.37. The lowest BCUT2D eigenvalue weighted by Gasteiger charge is -1.99. The van der Waals surface area contributed by atoms with Gasteiger partial charge in [-0.05, 0) is 36.6 Å². The van der Waals surface area contributed by atoms with Crippen LogP contribution in [0.4, 0.5) is 0 Å². The standard InChI is InChI=1S/C12H11N5.C9H8/c1-2-8(1)12-7-17(16-15-12)10-3-4-11-9(5-10)6-13-14-11;1-2-6-9-7-4-3-5-8-9/h3-8H,1-2H2,(H,13,14);1,3-5,7-8H,6H2. The predicted molar refractivity (Wildman–Crippen MR) is 102 cm³/mol. The number of nitrogens with one attached hydrogen (secondary N) is 1. The molecule has 2 aromatic heterocycles. The summed E-state index contributed by atoms with van der Waals surface area (Å²) in [6.07, 6.45) is 12.2. The molecule has 5 heteroatoms. The van der Waals surface area contributed by atoms with Gasteiger partial charge in [-0.15, -0.1) is 17.4 Å². The molecule has 5 nitrogen and oxygen atoms in total. The van der Waals surface area contributed by atoms with Crippen LogP contribution in [0.5, 0.6) is 0 Å². The van der Waals surface area contributed by atoms with Crippen LogP contribution in [0.15, 0.2) is 60.9 Å². The van der Waals surface area contributed by atoms with Crippen molar-refractivity contribution in [3.05, 3.63) is 72.2 Å². The first-order valence-electron chi connectivity index (χ1n) is 8.66. The monoisotopic (exact) mass is 341 g/mol. The summed E-state index contributed by atoms with van der Waals surface area (Å²) in [5.41, 5.74) is 4.38. The minimum absolute atomic E-state index is 0.640. The molecule has 0 amide bonds. The molecule has 1 aliphatic carbocycles. The van der Waals surface area contributed by atoms with Crippen molar-refractivity contribution in [2.24, 2.45) is 0 Å². The van der Waals surface area contributed by atoms with Crippen molar-refractivity contribution in [3.8, 4) is 18.0 Å². The number of nitrogens with zero attached hydrogens (tertiary/aromatic N) is 4. The van der Waals surface area contributed by atoms with E-state index in [-0.39, 0.29) is 0 Å². The number of hydrogen-bond donors (Lipinski definition) is 1. The Kier molecular flexibility index (Phi) is 4.48. The molecule has 2 heterocycles. The Morgan fingerprint density at radius 3 is 2.77 bits per heavy atom. The van der Waals surface area contributed by atoms with Gasteiger partial charge in [0, 0.05) is 17.7 Å². The molecule has 0 atom stereocenters. The molecule has 0 unspecified atom stereocenters. The minimum atomic E-state index is 0.640. The zero-order valence-corrected chi connectivity index (χ0v) is 14.3. The van der Waals surface area contributed by atoms with Crippen LogP contribution in [-0.4, -0.2) is 25.2 Å². The number of aromatic amines is 1. The summed E-state index contributed by atoms with van der Waals surface area (Å²) in [6.45, 7) is 0. The third kappa shape index (κ3) is 3.65. The Bertz CT molecular complexity index is 1030. The van der Waals surface area contributed by atoms with E-state index in [0.717, 1.165) is 28.7 Å². The van der Waals surface area contributed by atoms with Gasteiger partial charge in [-0.25, -0.2) is 4.68 Å². The van der Waals surface area contributed by atoms with Crippen molar-refractivity contribution in [2.75, 3.05) is 0 Å². The lowest BCUT2D eigenvalue weighted by Crippen LogP contribution is -1.94.